The van der Waals surface area contributed by atoms with Gasteiger partial charge in [0, 0.05) is 0 Å². The van der Waals surface area contributed by atoms with E-state index in [2.05, 4.69) is 20.8 Å². The van der Waals surface area contributed by atoms with E-state index in [9.17, 15) is 0 Å². The Morgan fingerprint density at radius 2 is 2.00 bits per heavy atom. The van der Waals surface area contributed by atoms with E-state index < -0.39 is 0 Å². The zero-order valence-electron chi connectivity index (χ0n) is 7.27. The van der Waals surface area contributed by atoms with Crippen molar-refractivity contribution in [2.45, 2.75) is 39.5 Å². The van der Waals surface area contributed by atoms with Gasteiger partial charge in [-0.25, -0.2) is 0 Å². The first kappa shape index (κ1) is 8.10. The van der Waals surface area contributed by atoms with Crippen molar-refractivity contribution < 1.29 is 0 Å². The van der Waals surface area contributed by atoms with Crippen molar-refractivity contribution in [2.75, 3.05) is 0 Å². The SMILES string of the molecule is [CH2]CC1CCC(C)CC1C. The van der Waals surface area contributed by atoms with Crippen LogP contribution in [0.1, 0.15) is 39.5 Å². The molecular weight excluding hydrogens is 120 g/mol. The Balaban J connectivity index is 2.36. The molecule has 0 nitrogen and oxygen atoms in total. The van der Waals surface area contributed by atoms with Gasteiger partial charge < -0.3 is 0 Å². The summed E-state index contributed by atoms with van der Waals surface area (Å²) in [5.74, 6) is 2.83. The molecule has 0 bridgehead atoms. The second kappa shape index (κ2) is 3.41. The Labute approximate surface area is 65.0 Å². The van der Waals surface area contributed by atoms with Crippen LogP contribution in [0.4, 0.5) is 0 Å². The third-order valence-corrected chi connectivity index (χ3v) is 2.98. The van der Waals surface area contributed by atoms with Crippen molar-refractivity contribution in [3.63, 3.8) is 0 Å². The Kier molecular flexibility index (Phi) is 2.76. The molecule has 1 radical (unpaired) electrons. The molecule has 1 aliphatic rings. The second-order valence-electron chi connectivity index (χ2n) is 3.94. The average Bonchev–Trinajstić information content (AvgIpc) is 1.88. The molecule has 0 aromatic rings. The molecule has 0 aromatic carbocycles. The topological polar surface area (TPSA) is 0 Å². The van der Waals surface area contributed by atoms with Crippen LogP contribution >= 0.6 is 0 Å². The molecule has 0 heteroatoms. The van der Waals surface area contributed by atoms with Crippen LogP contribution in [0.15, 0.2) is 0 Å². The maximum absolute atomic E-state index is 3.98. The van der Waals surface area contributed by atoms with Crippen LogP contribution in [0.5, 0.6) is 0 Å². The van der Waals surface area contributed by atoms with E-state index in [1.807, 2.05) is 0 Å². The lowest BCUT2D eigenvalue weighted by Crippen LogP contribution is -2.20. The summed E-state index contributed by atoms with van der Waals surface area (Å²) in [5.41, 5.74) is 0. The van der Waals surface area contributed by atoms with E-state index in [4.69, 9.17) is 0 Å². The lowest BCUT2D eigenvalue weighted by Gasteiger charge is -2.31. The summed E-state index contributed by atoms with van der Waals surface area (Å²) in [6, 6.07) is 0. The van der Waals surface area contributed by atoms with Gasteiger partial charge in [-0.2, -0.15) is 0 Å². The number of rotatable bonds is 1. The summed E-state index contributed by atoms with van der Waals surface area (Å²) in [6.07, 6.45) is 5.43. The van der Waals surface area contributed by atoms with Crippen LogP contribution < -0.4 is 0 Å². The zero-order chi connectivity index (χ0) is 7.56. The molecule has 59 valence electrons. The third-order valence-electron chi connectivity index (χ3n) is 2.98. The van der Waals surface area contributed by atoms with Crippen molar-refractivity contribution in [1.82, 2.24) is 0 Å². The van der Waals surface area contributed by atoms with E-state index in [1.54, 1.807) is 0 Å². The molecular formula is C10H19. The molecule has 0 N–H and O–H groups in total. The van der Waals surface area contributed by atoms with Crippen molar-refractivity contribution in [3.8, 4) is 0 Å². The fourth-order valence-corrected chi connectivity index (χ4v) is 2.16. The van der Waals surface area contributed by atoms with Crippen molar-refractivity contribution >= 4 is 0 Å². The van der Waals surface area contributed by atoms with Gasteiger partial charge in [0.15, 0.2) is 0 Å². The molecule has 0 spiro atoms. The van der Waals surface area contributed by atoms with Crippen LogP contribution in [0, 0.1) is 24.7 Å². The van der Waals surface area contributed by atoms with Gasteiger partial charge in [-0.15, -0.1) is 0 Å². The maximum Gasteiger partial charge on any atom is -0.0388 e. The van der Waals surface area contributed by atoms with E-state index in [0.717, 1.165) is 24.2 Å². The van der Waals surface area contributed by atoms with Gasteiger partial charge in [0.2, 0.25) is 0 Å². The molecule has 3 unspecified atom stereocenters. The first-order chi connectivity index (χ1) is 4.74. The summed E-state index contributed by atoms with van der Waals surface area (Å²) in [7, 11) is 0. The standard InChI is InChI=1S/C10H19/c1-4-10-6-5-8(2)7-9(10)3/h8-10H,1,4-7H2,2-3H3. The third kappa shape index (κ3) is 1.74. The first-order valence-corrected chi connectivity index (χ1v) is 4.53. The van der Waals surface area contributed by atoms with Crippen molar-refractivity contribution in [3.05, 3.63) is 6.92 Å². The van der Waals surface area contributed by atoms with E-state index in [1.165, 1.54) is 19.3 Å². The number of hydrogen-bond donors (Lipinski definition) is 0. The lowest BCUT2D eigenvalue weighted by atomic mass is 9.75. The second-order valence-corrected chi connectivity index (χ2v) is 3.94. The Morgan fingerprint density at radius 3 is 2.50 bits per heavy atom. The summed E-state index contributed by atoms with van der Waals surface area (Å²) >= 11 is 0. The van der Waals surface area contributed by atoms with Gasteiger partial charge in [-0.05, 0) is 30.6 Å². The molecule has 0 aliphatic heterocycles. The molecule has 1 rings (SSSR count). The van der Waals surface area contributed by atoms with Crippen LogP contribution in [-0.2, 0) is 0 Å². The van der Waals surface area contributed by atoms with Gasteiger partial charge in [0.05, 0.1) is 0 Å². The summed E-state index contributed by atoms with van der Waals surface area (Å²) in [6.45, 7) is 8.74. The van der Waals surface area contributed by atoms with Crippen LogP contribution in [-0.4, -0.2) is 0 Å². The molecule has 3 atom stereocenters. The monoisotopic (exact) mass is 139 g/mol. The molecule has 0 saturated heterocycles. The smallest absolute Gasteiger partial charge is 0.0388 e. The zero-order valence-corrected chi connectivity index (χ0v) is 7.27. The van der Waals surface area contributed by atoms with Crippen LogP contribution in [0.3, 0.4) is 0 Å². The molecule has 1 saturated carbocycles. The van der Waals surface area contributed by atoms with Gasteiger partial charge >= 0.3 is 0 Å². The maximum atomic E-state index is 3.98. The average molecular weight is 139 g/mol. The van der Waals surface area contributed by atoms with E-state index in [0.29, 0.717) is 0 Å². The van der Waals surface area contributed by atoms with E-state index >= 15 is 0 Å². The quantitative estimate of drug-likeness (QED) is 0.523. The minimum absolute atomic E-state index is 0.927. The van der Waals surface area contributed by atoms with Gasteiger partial charge in [0.25, 0.3) is 0 Å². The molecule has 10 heavy (non-hydrogen) atoms. The molecule has 1 fully saturated rings. The fourth-order valence-electron chi connectivity index (χ4n) is 2.16. The summed E-state index contributed by atoms with van der Waals surface area (Å²) in [4.78, 5) is 0. The van der Waals surface area contributed by atoms with Gasteiger partial charge in [0.1, 0.15) is 0 Å². The van der Waals surface area contributed by atoms with E-state index in [-0.39, 0.29) is 0 Å². The van der Waals surface area contributed by atoms with Gasteiger partial charge in [-0.1, -0.05) is 33.6 Å². The fraction of sp³-hybridized carbons (Fsp3) is 0.900. The highest BCUT2D eigenvalue weighted by Crippen LogP contribution is 2.34. The van der Waals surface area contributed by atoms with Crippen molar-refractivity contribution in [2.24, 2.45) is 17.8 Å². The highest BCUT2D eigenvalue weighted by atomic mass is 14.3. The largest absolute Gasteiger partial charge is 0.0625 e. The highest BCUT2D eigenvalue weighted by Gasteiger charge is 2.23. The van der Waals surface area contributed by atoms with Gasteiger partial charge in [-0.3, -0.25) is 0 Å². The molecule has 0 heterocycles. The molecule has 0 aromatic heterocycles. The minimum atomic E-state index is 0.927. The highest BCUT2D eigenvalue weighted by molar-refractivity contribution is 4.76. The summed E-state index contributed by atoms with van der Waals surface area (Å²) < 4.78 is 0. The minimum Gasteiger partial charge on any atom is -0.0625 e. The number of hydrogen-bond acceptors (Lipinski definition) is 0. The summed E-state index contributed by atoms with van der Waals surface area (Å²) in [5, 5.41) is 0. The Morgan fingerprint density at radius 1 is 1.30 bits per heavy atom. The Hall–Kier alpha value is 0. The van der Waals surface area contributed by atoms with Crippen molar-refractivity contribution in [1.29, 1.82) is 0 Å². The molecule has 1 aliphatic carbocycles. The molecule has 0 amide bonds. The van der Waals surface area contributed by atoms with Crippen LogP contribution in [0.2, 0.25) is 0 Å². The lowest BCUT2D eigenvalue weighted by molar-refractivity contribution is 0.205. The predicted molar refractivity (Wildman–Crippen MR) is 45.6 cm³/mol. The first-order valence-electron chi connectivity index (χ1n) is 4.53. The van der Waals surface area contributed by atoms with Crippen LogP contribution in [0.25, 0.3) is 0 Å². The predicted octanol–water partition coefficient (Wildman–Crippen LogP) is 3.28. The normalized spacial score (nSPS) is 41.7. The Bertz CT molecular complexity index is 96.2.